The lowest BCUT2D eigenvalue weighted by Gasteiger charge is -2.18. The predicted octanol–water partition coefficient (Wildman–Crippen LogP) is 1.66. The first-order valence-corrected chi connectivity index (χ1v) is 5.88. The van der Waals surface area contributed by atoms with Crippen LogP contribution in [0, 0.1) is 11.8 Å². The Balaban J connectivity index is 2.06. The number of aromatic nitrogens is 2. The molecule has 1 atom stereocenters. The first-order chi connectivity index (χ1) is 8.08. The van der Waals surface area contributed by atoms with E-state index in [0.717, 1.165) is 18.9 Å². The molecule has 5 nitrogen and oxygen atoms in total. The zero-order valence-corrected chi connectivity index (χ0v) is 10.1. The molecule has 1 fully saturated rings. The van der Waals surface area contributed by atoms with E-state index in [-0.39, 0.29) is 5.69 Å². The zero-order valence-electron chi connectivity index (χ0n) is 10.1. The van der Waals surface area contributed by atoms with Gasteiger partial charge < -0.3 is 10.0 Å². The van der Waals surface area contributed by atoms with Gasteiger partial charge in [0.25, 0.3) is 0 Å². The van der Waals surface area contributed by atoms with E-state index in [9.17, 15) is 4.79 Å². The third kappa shape index (κ3) is 2.54. The van der Waals surface area contributed by atoms with E-state index in [2.05, 4.69) is 28.7 Å². The van der Waals surface area contributed by atoms with Crippen molar-refractivity contribution in [2.75, 3.05) is 18.0 Å². The minimum absolute atomic E-state index is 0.00615. The summed E-state index contributed by atoms with van der Waals surface area (Å²) >= 11 is 0. The molecule has 2 heterocycles. The molecule has 1 unspecified atom stereocenters. The van der Waals surface area contributed by atoms with Crippen molar-refractivity contribution in [2.24, 2.45) is 11.8 Å². The third-order valence-electron chi connectivity index (χ3n) is 3.35. The predicted molar refractivity (Wildman–Crippen MR) is 64.1 cm³/mol. The molecule has 0 amide bonds. The van der Waals surface area contributed by atoms with Crippen molar-refractivity contribution in [3.63, 3.8) is 0 Å². The van der Waals surface area contributed by atoms with Crippen LogP contribution in [0.2, 0.25) is 0 Å². The molecule has 0 spiro atoms. The normalized spacial score (nSPS) is 19.9. The SMILES string of the molecule is CC(C)C1CCN(c2cnc(C(=O)O)cn2)C1. The van der Waals surface area contributed by atoms with Gasteiger partial charge in [-0.2, -0.15) is 0 Å². The molecule has 0 radical (unpaired) electrons. The molecular formula is C12H17N3O2. The summed E-state index contributed by atoms with van der Waals surface area (Å²) in [5.41, 5.74) is -0.00615. The second-order valence-electron chi connectivity index (χ2n) is 4.80. The number of hydrogen-bond donors (Lipinski definition) is 1. The maximum absolute atomic E-state index is 10.7. The van der Waals surface area contributed by atoms with E-state index >= 15 is 0 Å². The summed E-state index contributed by atoms with van der Waals surface area (Å²) in [5.74, 6) is 1.10. The van der Waals surface area contributed by atoms with Crippen LogP contribution in [0.25, 0.3) is 0 Å². The summed E-state index contributed by atoms with van der Waals surface area (Å²) in [6.45, 7) is 6.42. The Hall–Kier alpha value is -1.65. The van der Waals surface area contributed by atoms with Gasteiger partial charge in [-0.05, 0) is 18.3 Å². The van der Waals surface area contributed by atoms with Crippen LogP contribution in [0.15, 0.2) is 12.4 Å². The molecule has 1 aromatic heterocycles. The molecular weight excluding hydrogens is 218 g/mol. The van der Waals surface area contributed by atoms with Crippen molar-refractivity contribution in [3.05, 3.63) is 18.1 Å². The van der Waals surface area contributed by atoms with Crippen molar-refractivity contribution < 1.29 is 9.90 Å². The van der Waals surface area contributed by atoms with Crippen LogP contribution >= 0.6 is 0 Å². The average Bonchev–Trinajstić information content (AvgIpc) is 2.78. The van der Waals surface area contributed by atoms with E-state index < -0.39 is 5.97 Å². The van der Waals surface area contributed by atoms with Crippen LogP contribution in [0.5, 0.6) is 0 Å². The fraction of sp³-hybridized carbons (Fsp3) is 0.583. The molecule has 1 saturated heterocycles. The highest BCUT2D eigenvalue weighted by Crippen LogP contribution is 2.26. The van der Waals surface area contributed by atoms with Crippen molar-refractivity contribution in [1.82, 2.24) is 9.97 Å². The van der Waals surface area contributed by atoms with Gasteiger partial charge in [-0.1, -0.05) is 13.8 Å². The lowest BCUT2D eigenvalue weighted by Crippen LogP contribution is -2.22. The van der Waals surface area contributed by atoms with Gasteiger partial charge in [0.15, 0.2) is 5.69 Å². The average molecular weight is 235 g/mol. The number of carbonyl (C=O) groups is 1. The molecule has 0 saturated carbocycles. The Morgan fingerprint density at radius 1 is 1.47 bits per heavy atom. The Kier molecular flexibility index (Phi) is 3.26. The van der Waals surface area contributed by atoms with Crippen LogP contribution in [-0.2, 0) is 0 Å². The minimum Gasteiger partial charge on any atom is -0.476 e. The largest absolute Gasteiger partial charge is 0.476 e. The van der Waals surface area contributed by atoms with Crippen LogP contribution in [-0.4, -0.2) is 34.1 Å². The summed E-state index contributed by atoms with van der Waals surface area (Å²) in [4.78, 5) is 20.9. The molecule has 5 heteroatoms. The first-order valence-electron chi connectivity index (χ1n) is 5.88. The second-order valence-corrected chi connectivity index (χ2v) is 4.80. The fourth-order valence-corrected chi connectivity index (χ4v) is 2.13. The summed E-state index contributed by atoms with van der Waals surface area (Å²) in [6.07, 6.45) is 4.03. The van der Waals surface area contributed by atoms with E-state index in [0.29, 0.717) is 11.8 Å². The summed E-state index contributed by atoms with van der Waals surface area (Å²) < 4.78 is 0. The lowest BCUT2D eigenvalue weighted by atomic mass is 9.95. The third-order valence-corrected chi connectivity index (χ3v) is 3.35. The van der Waals surface area contributed by atoms with Gasteiger partial charge in [0.1, 0.15) is 5.82 Å². The maximum atomic E-state index is 10.7. The van der Waals surface area contributed by atoms with E-state index in [1.54, 1.807) is 6.20 Å². The number of anilines is 1. The van der Waals surface area contributed by atoms with E-state index in [1.807, 2.05) is 0 Å². The highest BCUT2D eigenvalue weighted by atomic mass is 16.4. The lowest BCUT2D eigenvalue weighted by molar-refractivity contribution is 0.0690. The zero-order chi connectivity index (χ0) is 12.4. The molecule has 1 aliphatic rings. The van der Waals surface area contributed by atoms with Gasteiger partial charge in [0, 0.05) is 13.1 Å². The molecule has 2 rings (SSSR count). The van der Waals surface area contributed by atoms with E-state index in [4.69, 9.17) is 5.11 Å². The quantitative estimate of drug-likeness (QED) is 0.863. The number of rotatable bonds is 3. The highest BCUT2D eigenvalue weighted by Gasteiger charge is 2.25. The molecule has 92 valence electrons. The van der Waals surface area contributed by atoms with Gasteiger partial charge in [-0.3, -0.25) is 0 Å². The standard InChI is InChI=1S/C12H17N3O2/c1-8(2)9-3-4-15(7-9)11-6-13-10(5-14-11)12(16)17/h5-6,8-9H,3-4,7H2,1-2H3,(H,16,17). The summed E-state index contributed by atoms with van der Waals surface area (Å²) in [5, 5.41) is 8.74. The van der Waals surface area contributed by atoms with Gasteiger partial charge >= 0.3 is 5.97 Å². The van der Waals surface area contributed by atoms with Crippen LogP contribution in [0.1, 0.15) is 30.8 Å². The minimum atomic E-state index is -1.04. The molecule has 1 aromatic rings. The van der Waals surface area contributed by atoms with Crippen molar-refractivity contribution in [3.8, 4) is 0 Å². The topological polar surface area (TPSA) is 66.3 Å². The molecule has 0 aromatic carbocycles. The Bertz CT molecular complexity index is 403. The molecule has 0 bridgehead atoms. The fourth-order valence-electron chi connectivity index (χ4n) is 2.13. The molecule has 0 aliphatic carbocycles. The Morgan fingerprint density at radius 2 is 2.24 bits per heavy atom. The Labute approximate surface area is 100 Å². The van der Waals surface area contributed by atoms with Crippen LogP contribution in [0.4, 0.5) is 5.82 Å². The van der Waals surface area contributed by atoms with Gasteiger partial charge in [-0.15, -0.1) is 0 Å². The maximum Gasteiger partial charge on any atom is 0.356 e. The smallest absolute Gasteiger partial charge is 0.356 e. The highest BCUT2D eigenvalue weighted by molar-refractivity contribution is 5.84. The molecule has 17 heavy (non-hydrogen) atoms. The first kappa shape index (κ1) is 11.8. The number of carboxylic acids is 1. The van der Waals surface area contributed by atoms with Gasteiger partial charge in [0.2, 0.25) is 0 Å². The monoisotopic (exact) mass is 235 g/mol. The Morgan fingerprint density at radius 3 is 2.71 bits per heavy atom. The van der Waals surface area contributed by atoms with Crippen LogP contribution in [0.3, 0.4) is 0 Å². The van der Waals surface area contributed by atoms with Crippen molar-refractivity contribution in [2.45, 2.75) is 20.3 Å². The number of aromatic carboxylic acids is 1. The van der Waals surface area contributed by atoms with E-state index in [1.165, 1.54) is 12.6 Å². The number of nitrogens with zero attached hydrogens (tertiary/aromatic N) is 3. The summed E-state index contributed by atoms with van der Waals surface area (Å²) in [7, 11) is 0. The summed E-state index contributed by atoms with van der Waals surface area (Å²) in [6, 6.07) is 0. The number of carboxylic acid groups (broad SMARTS) is 1. The second kappa shape index (κ2) is 4.69. The number of hydrogen-bond acceptors (Lipinski definition) is 4. The van der Waals surface area contributed by atoms with Crippen molar-refractivity contribution in [1.29, 1.82) is 0 Å². The molecule has 1 aliphatic heterocycles. The van der Waals surface area contributed by atoms with Gasteiger partial charge in [-0.25, -0.2) is 14.8 Å². The molecule has 1 N–H and O–H groups in total. The van der Waals surface area contributed by atoms with Crippen molar-refractivity contribution >= 4 is 11.8 Å². The van der Waals surface area contributed by atoms with Crippen LogP contribution < -0.4 is 4.90 Å². The van der Waals surface area contributed by atoms with Gasteiger partial charge in [0.05, 0.1) is 12.4 Å².